The molecule has 0 saturated heterocycles. The van der Waals surface area contributed by atoms with Crippen LogP contribution in [0.2, 0.25) is 0 Å². The molecular weight excluding hydrogens is 452 g/mol. The molecule has 0 unspecified atom stereocenters. The summed E-state index contributed by atoms with van der Waals surface area (Å²) in [6.45, 7) is 12.4. The standard InChI is InChI=1S/C27H30O8/c1-6-25(28)33-13-11-31-23-15-21(16-24(17-23)32-12-14-34-26(29)18(2)3)20-7-9-22(10-8-20)35-27(30)19(4)5/h7-10,15-17H,2,4,6,11-14H2,1,3,5H3. The summed E-state index contributed by atoms with van der Waals surface area (Å²) in [5, 5.41) is 0. The van der Waals surface area contributed by atoms with Crippen molar-refractivity contribution in [3.05, 3.63) is 66.8 Å². The number of rotatable bonds is 13. The average Bonchev–Trinajstić information content (AvgIpc) is 2.84. The van der Waals surface area contributed by atoms with Gasteiger partial charge in [-0.2, -0.15) is 0 Å². The van der Waals surface area contributed by atoms with Crippen molar-refractivity contribution in [1.29, 1.82) is 0 Å². The number of hydrogen-bond donors (Lipinski definition) is 0. The third-order valence-corrected chi connectivity index (χ3v) is 4.46. The van der Waals surface area contributed by atoms with Crippen molar-refractivity contribution in [2.24, 2.45) is 0 Å². The Hall–Kier alpha value is -4.07. The quantitative estimate of drug-likeness (QED) is 0.176. The van der Waals surface area contributed by atoms with Crippen LogP contribution in [0.3, 0.4) is 0 Å². The minimum Gasteiger partial charge on any atom is -0.490 e. The van der Waals surface area contributed by atoms with Crippen LogP contribution in [0.25, 0.3) is 11.1 Å². The van der Waals surface area contributed by atoms with Crippen molar-refractivity contribution < 1.29 is 38.1 Å². The van der Waals surface area contributed by atoms with Crippen molar-refractivity contribution in [3.8, 4) is 28.4 Å². The van der Waals surface area contributed by atoms with Crippen LogP contribution < -0.4 is 14.2 Å². The molecule has 0 spiro atoms. The van der Waals surface area contributed by atoms with Gasteiger partial charge in [-0.15, -0.1) is 0 Å². The molecule has 0 bridgehead atoms. The van der Waals surface area contributed by atoms with Gasteiger partial charge in [0.05, 0.1) is 0 Å². The van der Waals surface area contributed by atoms with E-state index in [0.717, 1.165) is 11.1 Å². The predicted octanol–water partition coefficient (Wildman–Crippen LogP) is 4.67. The van der Waals surface area contributed by atoms with Crippen molar-refractivity contribution in [2.75, 3.05) is 26.4 Å². The Labute approximate surface area is 205 Å². The molecule has 0 aliphatic carbocycles. The molecule has 8 heteroatoms. The van der Waals surface area contributed by atoms with E-state index in [2.05, 4.69) is 13.2 Å². The Bertz CT molecular complexity index is 1070. The topological polar surface area (TPSA) is 97.4 Å². The van der Waals surface area contributed by atoms with Crippen molar-refractivity contribution in [1.82, 2.24) is 0 Å². The lowest BCUT2D eigenvalue weighted by Crippen LogP contribution is -2.13. The minimum atomic E-state index is -0.500. The highest BCUT2D eigenvalue weighted by Crippen LogP contribution is 2.31. The molecule has 0 fully saturated rings. The van der Waals surface area contributed by atoms with E-state index in [9.17, 15) is 14.4 Å². The fraction of sp³-hybridized carbons (Fsp3) is 0.296. The number of hydrogen-bond acceptors (Lipinski definition) is 8. The van der Waals surface area contributed by atoms with Crippen molar-refractivity contribution in [2.45, 2.75) is 27.2 Å². The summed E-state index contributed by atoms with van der Waals surface area (Å²) in [4.78, 5) is 34.6. The maximum Gasteiger partial charge on any atom is 0.338 e. The number of ether oxygens (including phenoxy) is 5. The number of carbonyl (C=O) groups is 3. The van der Waals surface area contributed by atoms with E-state index in [1.165, 1.54) is 0 Å². The second-order valence-corrected chi connectivity index (χ2v) is 7.57. The fourth-order valence-electron chi connectivity index (χ4n) is 2.65. The van der Waals surface area contributed by atoms with Gasteiger partial charge < -0.3 is 23.7 Å². The fourth-order valence-corrected chi connectivity index (χ4v) is 2.65. The molecule has 8 nitrogen and oxygen atoms in total. The monoisotopic (exact) mass is 482 g/mol. The molecule has 0 aliphatic heterocycles. The third-order valence-electron chi connectivity index (χ3n) is 4.46. The van der Waals surface area contributed by atoms with Crippen LogP contribution in [0.4, 0.5) is 0 Å². The number of esters is 3. The highest BCUT2D eigenvalue weighted by molar-refractivity contribution is 5.89. The zero-order chi connectivity index (χ0) is 25.8. The first kappa shape index (κ1) is 27.2. The van der Waals surface area contributed by atoms with Crippen LogP contribution in [0.5, 0.6) is 17.2 Å². The summed E-state index contributed by atoms with van der Waals surface area (Å²) in [5.74, 6) is 0.0974. The Morgan fingerprint density at radius 2 is 1.23 bits per heavy atom. The maximum atomic E-state index is 11.7. The van der Waals surface area contributed by atoms with Crippen LogP contribution in [-0.2, 0) is 23.9 Å². The van der Waals surface area contributed by atoms with Crippen LogP contribution in [0.15, 0.2) is 66.8 Å². The van der Waals surface area contributed by atoms with Crippen LogP contribution >= 0.6 is 0 Å². The van der Waals surface area contributed by atoms with Crippen molar-refractivity contribution in [3.63, 3.8) is 0 Å². The van der Waals surface area contributed by atoms with Gasteiger partial charge in [0.15, 0.2) is 0 Å². The molecule has 0 aliphatic rings. The minimum absolute atomic E-state index is 0.0574. The zero-order valence-corrected chi connectivity index (χ0v) is 20.3. The van der Waals surface area contributed by atoms with Gasteiger partial charge in [-0.05, 0) is 49.2 Å². The van der Waals surface area contributed by atoms with Crippen LogP contribution in [-0.4, -0.2) is 44.3 Å². The Morgan fingerprint density at radius 1 is 0.686 bits per heavy atom. The van der Waals surface area contributed by atoms with Gasteiger partial charge in [0.25, 0.3) is 0 Å². The molecule has 0 saturated carbocycles. The van der Waals surface area contributed by atoms with Gasteiger partial charge in [-0.3, -0.25) is 4.79 Å². The van der Waals surface area contributed by atoms with Crippen molar-refractivity contribution >= 4 is 17.9 Å². The summed E-state index contributed by atoms with van der Waals surface area (Å²) < 4.78 is 26.8. The molecule has 0 heterocycles. The lowest BCUT2D eigenvalue weighted by Gasteiger charge is -2.13. The van der Waals surface area contributed by atoms with E-state index in [-0.39, 0.29) is 32.4 Å². The van der Waals surface area contributed by atoms with Gasteiger partial charge in [0.2, 0.25) is 0 Å². The summed E-state index contributed by atoms with van der Waals surface area (Å²) in [6, 6.07) is 12.2. The SMILES string of the molecule is C=C(C)C(=O)OCCOc1cc(OCCOC(=O)CC)cc(-c2ccc(OC(=O)C(=C)C)cc2)c1. The van der Waals surface area contributed by atoms with E-state index in [1.54, 1.807) is 57.2 Å². The lowest BCUT2D eigenvalue weighted by atomic mass is 10.0. The van der Waals surface area contributed by atoms with Crippen LogP contribution in [0.1, 0.15) is 27.2 Å². The zero-order valence-electron chi connectivity index (χ0n) is 20.3. The Morgan fingerprint density at radius 3 is 1.74 bits per heavy atom. The second-order valence-electron chi connectivity index (χ2n) is 7.57. The first-order chi connectivity index (χ1) is 16.7. The van der Waals surface area contributed by atoms with E-state index < -0.39 is 11.9 Å². The first-order valence-corrected chi connectivity index (χ1v) is 11.1. The average molecular weight is 483 g/mol. The molecule has 0 atom stereocenters. The summed E-state index contributed by atoms with van der Waals surface area (Å²) in [7, 11) is 0. The van der Waals surface area contributed by atoms with E-state index in [4.69, 9.17) is 23.7 Å². The molecule has 0 radical (unpaired) electrons. The summed E-state index contributed by atoms with van der Waals surface area (Å²) >= 11 is 0. The molecule has 2 aromatic rings. The smallest absolute Gasteiger partial charge is 0.338 e. The third kappa shape index (κ3) is 9.37. The first-order valence-electron chi connectivity index (χ1n) is 11.1. The van der Waals surface area contributed by atoms with Gasteiger partial charge >= 0.3 is 17.9 Å². The van der Waals surface area contributed by atoms with Gasteiger partial charge in [-0.1, -0.05) is 32.2 Å². The van der Waals surface area contributed by atoms with E-state index >= 15 is 0 Å². The molecule has 2 aromatic carbocycles. The van der Waals surface area contributed by atoms with E-state index in [1.807, 2.05) is 6.07 Å². The highest BCUT2D eigenvalue weighted by atomic mass is 16.6. The van der Waals surface area contributed by atoms with Crippen LogP contribution in [0, 0.1) is 0 Å². The van der Waals surface area contributed by atoms with Gasteiger partial charge in [0, 0.05) is 23.6 Å². The molecule has 0 amide bonds. The highest BCUT2D eigenvalue weighted by Gasteiger charge is 2.10. The predicted molar refractivity (Wildman–Crippen MR) is 130 cm³/mol. The van der Waals surface area contributed by atoms with Gasteiger partial charge in [-0.25, -0.2) is 9.59 Å². The second kappa shape index (κ2) is 13.6. The Kier molecular flexibility index (Phi) is 10.6. The molecule has 0 aromatic heterocycles. The Balaban J connectivity index is 2.14. The lowest BCUT2D eigenvalue weighted by molar-refractivity contribution is -0.144. The summed E-state index contributed by atoms with van der Waals surface area (Å²) in [5.41, 5.74) is 2.21. The molecule has 2 rings (SSSR count). The molecule has 186 valence electrons. The number of benzene rings is 2. The molecular formula is C27H30O8. The largest absolute Gasteiger partial charge is 0.490 e. The summed E-state index contributed by atoms with van der Waals surface area (Å²) in [6.07, 6.45) is 0.293. The molecule has 0 N–H and O–H groups in total. The van der Waals surface area contributed by atoms with Gasteiger partial charge in [0.1, 0.15) is 43.7 Å². The maximum absolute atomic E-state index is 11.7. The number of carbonyl (C=O) groups excluding carboxylic acids is 3. The normalized spacial score (nSPS) is 10.1. The molecule has 35 heavy (non-hydrogen) atoms. The van der Waals surface area contributed by atoms with E-state index in [0.29, 0.717) is 34.8 Å².